The van der Waals surface area contributed by atoms with Crippen LogP contribution in [-0.4, -0.2) is 48.5 Å². The average molecular weight is 354 g/mol. The summed E-state index contributed by atoms with van der Waals surface area (Å²) in [6.07, 6.45) is 0. The summed E-state index contributed by atoms with van der Waals surface area (Å²) in [6.45, 7) is 12.6. The Bertz CT molecular complexity index is 669. The average Bonchev–Trinajstić information content (AvgIpc) is 2.68. The maximum atomic E-state index is 12.4. The molecule has 0 saturated heterocycles. The number of nitrogens with zero attached hydrogens (tertiary/aromatic N) is 2. The van der Waals surface area contributed by atoms with Crippen molar-refractivity contribution in [2.45, 2.75) is 27.3 Å². The SMILES string of the molecule is CCN(CC)CCN(CC)Cc1cccc(C(=O)Oc2ccccc2)c1. The normalized spacial score (nSPS) is 11.1. The Hall–Kier alpha value is -2.17. The van der Waals surface area contributed by atoms with Crippen LogP contribution in [0.3, 0.4) is 0 Å². The van der Waals surface area contributed by atoms with Crippen LogP contribution in [0.5, 0.6) is 5.75 Å². The Balaban J connectivity index is 1.97. The van der Waals surface area contributed by atoms with Crippen molar-refractivity contribution in [2.75, 3.05) is 32.7 Å². The van der Waals surface area contributed by atoms with Crippen LogP contribution in [0.4, 0.5) is 0 Å². The van der Waals surface area contributed by atoms with E-state index in [0.717, 1.165) is 44.8 Å². The van der Waals surface area contributed by atoms with Gasteiger partial charge in [-0.3, -0.25) is 4.90 Å². The molecule has 4 heteroatoms. The van der Waals surface area contributed by atoms with Gasteiger partial charge in [-0.2, -0.15) is 0 Å². The number of para-hydroxylation sites is 1. The van der Waals surface area contributed by atoms with E-state index in [0.29, 0.717) is 11.3 Å². The molecular formula is C22H30N2O2. The lowest BCUT2D eigenvalue weighted by Crippen LogP contribution is -2.34. The Labute approximate surface area is 157 Å². The molecule has 0 fully saturated rings. The fraction of sp³-hybridized carbons (Fsp3) is 0.409. The van der Waals surface area contributed by atoms with E-state index in [4.69, 9.17) is 4.74 Å². The van der Waals surface area contributed by atoms with Gasteiger partial charge in [0.25, 0.3) is 0 Å². The molecule has 0 aliphatic heterocycles. The van der Waals surface area contributed by atoms with E-state index in [9.17, 15) is 4.79 Å². The summed E-state index contributed by atoms with van der Waals surface area (Å²) < 4.78 is 5.44. The van der Waals surface area contributed by atoms with E-state index in [1.165, 1.54) is 0 Å². The summed E-state index contributed by atoms with van der Waals surface area (Å²) in [4.78, 5) is 17.2. The number of rotatable bonds is 10. The molecular weight excluding hydrogens is 324 g/mol. The van der Waals surface area contributed by atoms with Crippen LogP contribution in [-0.2, 0) is 6.54 Å². The molecule has 0 atom stereocenters. The number of esters is 1. The van der Waals surface area contributed by atoms with Crippen molar-refractivity contribution < 1.29 is 9.53 Å². The van der Waals surface area contributed by atoms with Crippen LogP contribution in [0.15, 0.2) is 54.6 Å². The molecule has 0 N–H and O–H groups in total. The van der Waals surface area contributed by atoms with Crippen molar-refractivity contribution in [2.24, 2.45) is 0 Å². The van der Waals surface area contributed by atoms with E-state index >= 15 is 0 Å². The minimum Gasteiger partial charge on any atom is -0.423 e. The molecule has 2 aromatic rings. The summed E-state index contributed by atoms with van der Waals surface area (Å²) in [7, 11) is 0. The molecule has 0 bridgehead atoms. The molecule has 0 saturated carbocycles. The molecule has 0 radical (unpaired) electrons. The third-order valence-corrected chi connectivity index (χ3v) is 4.60. The van der Waals surface area contributed by atoms with Gasteiger partial charge in [-0.05, 0) is 49.5 Å². The first-order valence-electron chi connectivity index (χ1n) is 9.47. The second kappa shape index (κ2) is 10.7. The number of hydrogen-bond donors (Lipinski definition) is 0. The van der Waals surface area contributed by atoms with Crippen LogP contribution in [0, 0.1) is 0 Å². The molecule has 0 spiro atoms. The van der Waals surface area contributed by atoms with E-state index in [-0.39, 0.29) is 5.97 Å². The molecule has 0 unspecified atom stereocenters. The quantitative estimate of drug-likeness (QED) is 0.476. The molecule has 2 rings (SSSR count). The minimum atomic E-state index is -0.316. The maximum Gasteiger partial charge on any atom is 0.343 e. The van der Waals surface area contributed by atoms with E-state index < -0.39 is 0 Å². The monoisotopic (exact) mass is 354 g/mol. The Morgan fingerprint density at radius 3 is 2.15 bits per heavy atom. The summed E-state index contributed by atoms with van der Waals surface area (Å²) in [5.41, 5.74) is 1.72. The third-order valence-electron chi connectivity index (χ3n) is 4.60. The van der Waals surface area contributed by atoms with Gasteiger partial charge in [-0.15, -0.1) is 0 Å². The maximum absolute atomic E-state index is 12.4. The van der Waals surface area contributed by atoms with Gasteiger partial charge < -0.3 is 9.64 Å². The number of ether oxygens (including phenoxy) is 1. The first kappa shape index (κ1) is 20.1. The molecule has 140 valence electrons. The molecule has 0 aromatic heterocycles. The van der Waals surface area contributed by atoms with Crippen LogP contribution in [0.2, 0.25) is 0 Å². The zero-order valence-corrected chi connectivity index (χ0v) is 16.1. The number of benzene rings is 2. The van der Waals surface area contributed by atoms with Crippen molar-refractivity contribution >= 4 is 5.97 Å². The number of likely N-dealkylation sites (N-methyl/N-ethyl adjacent to an activating group) is 2. The van der Waals surface area contributed by atoms with Gasteiger partial charge in [-0.1, -0.05) is 51.1 Å². The van der Waals surface area contributed by atoms with E-state index in [1.807, 2.05) is 30.3 Å². The zero-order chi connectivity index (χ0) is 18.8. The molecule has 0 aliphatic carbocycles. The fourth-order valence-electron chi connectivity index (χ4n) is 2.88. The van der Waals surface area contributed by atoms with Gasteiger partial charge in [0.2, 0.25) is 0 Å². The number of carbonyl (C=O) groups excluding carboxylic acids is 1. The number of carbonyl (C=O) groups is 1. The molecule has 0 heterocycles. The summed E-state index contributed by atoms with van der Waals surface area (Å²) in [6, 6.07) is 16.9. The lowest BCUT2D eigenvalue weighted by Gasteiger charge is -2.25. The molecule has 26 heavy (non-hydrogen) atoms. The van der Waals surface area contributed by atoms with Gasteiger partial charge in [0.05, 0.1) is 5.56 Å². The summed E-state index contributed by atoms with van der Waals surface area (Å²) in [5.74, 6) is 0.251. The Morgan fingerprint density at radius 1 is 0.846 bits per heavy atom. The second-order valence-corrected chi connectivity index (χ2v) is 6.30. The lowest BCUT2D eigenvalue weighted by atomic mass is 10.1. The highest BCUT2D eigenvalue weighted by atomic mass is 16.5. The standard InChI is InChI=1S/C22H30N2O2/c1-4-23(5-2)15-16-24(6-3)18-19-11-10-12-20(17-19)22(25)26-21-13-8-7-9-14-21/h7-14,17H,4-6,15-16,18H2,1-3H3. The van der Waals surface area contributed by atoms with Crippen LogP contribution in [0.1, 0.15) is 36.7 Å². The molecule has 2 aromatic carbocycles. The predicted octanol–water partition coefficient (Wildman–Crippen LogP) is 4.07. The van der Waals surface area contributed by atoms with Crippen molar-refractivity contribution in [3.8, 4) is 5.75 Å². The van der Waals surface area contributed by atoms with Crippen LogP contribution >= 0.6 is 0 Å². The van der Waals surface area contributed by atoms with Gasteiger partial charge in [-0.25, -0.2) is 4.79 Å². The first-order chi connectivity index (χ1) is 12.7. The topological polar surface area (TPSA) is 32.8 Å². The molecule has 0 aliphatic rings. The van der Waals surface area contributed by atoms with Crippen molar-refractivity contribution in [3.63, 3.8) is 0 Å². The number of hydrogen-bond acceptors (Lipinski definition) is 4. The second-order valence-electron chi connectivity index (χ2n) is 6.30. The van der Waals surface area contributed by atoms with Gasteiger partial charge in [0.15, 0.2) is 0 Å². The molecule has 4 nitrogen and oxygen atoms in total. The van der Waals surface area contributed by atoms with Crippen molar-refractivity contribution in [1.29, 1.82) is 0 Å². The summed E-state index contributed by atoms with van der Waals surface area (Å²) >= 11 is 0. The fourth-order valence-corrected chi connectivity index (χ4v) is 2.88. The summed E-state index contributed by atoms with van der Waals surface area (Å²) in [5, 5.41) is 0. The highest BCUT2D eigenvalue weighted by molar-refractivity contribution is 5.91. The Kier molecular flexibility index (Phi) is 8.32. The highest BCUT2D eigenvalue weighted by Gasteiger charge is 2.11. The van der Waals surface area contributed by atoms with Crippen LogP contribution in [0.25, 0.3) is 0 Å². The smallest absolute Gasteiger partial charge is 0.343 e. The first-order valence-corrected chi connectivity index (χ1v) is 9.47. The Morgan fingerprint density at radius 2 is 1.50 bits per heavy atom. The highest BCUT2D eigenvalue weighted by Crippen LogP contribution is 2.14. The van der Waals surface area contributed by atoms with E-state index in [1.54, 1.807) is 18.2 Å². The molecule has 0 amide bonds. The van der Waals surface area contributed by atoms with Crippen molar-refractivity contribution in [3.05, 3.63) is 65.7 Å². The minimum absolute atomic E-state index is 0.316. The third kappa shape index (κ3) is 6.28. The largest absolute Gasteiger partial charge is 0.423 e. The van der Waals surface area contributed by atoms with Crippen molar-refractivity contribution in [1.82, 2.24) is 9.80 Å². The zero-order valence-electron chi connectivity index (χ0n) is 16.1. The van der Waals surface area contributed by atoms with Gasteiger partial charge >= 0.3 is 5.97 Å². The van der Waals surface area contributed by atoms with Crippen LogP contribution < -0.4 is 4.74 Å². The van der Waals surface area contributed by atoms with E-state index in [2.05, 4.69) is 36.6 Å². The predicted molar refractivity (Wildman–Crippen MR) is 107 cm³/mol. The lowest BCUT2D eigenvalue weighted by molar-refractivity contribution is 0.0734. The van der Waals surface area contributed by atoms with Gasteiger partial charge in [0, 0.05) is 19.6 Å². The van der Waals surface area contributed by atoms with Gasteiger partial charge in [0.1, 0.15) is 5.75 Å².